The Kier molecular flexibility index (Phi) is 3.92. The van der Waals surface area contributed by atoms with E-state index >= 15 is 0 Å². The SMILES string of the molecule is Cc1cccc(N2CCN(C(=O)c3csc(C)n3)CC2)c1. The number of rotatable bonds is 2. The van der Waals surface area contributed by atoms with Gasteiger partial charge in [0.25, 0.3) is 5.91 Å². The van der Waals surface area contributed by atoms with Gasteiger partial charge in [-0.25, -0.2) is 4.98 Å². The highest BCUT2D eigenvalue weighted by Crippen LogP contribution is 2.19. The lowest BCUT2D eigenvalue weighted by Gasteiger charge is -2.36. The number of aryl methyl sites for hydroxylation is 2. The first kappa shape index (κ1) is 14.1. The number of thiazole rings is 1. The Morgan fingerprint density at radius 2 is 1.95 bits per heavy atom. The lowest BCUT2D eigenvalue weighted by Crippen LogP contribution is -2.48. The van der Waals surface area contributed by atoms with Gasteiger partial charge in [0, 0.05) is 37.2 Å². The maximum Gasteiger partial charge on any atom is 0.273 e. The fourth-order valence-corrected chi connectivity index (χ4v) is 3.20. The average molecular weight is 301 g/mol. The Morgan fingerprint density at radius 1 is 1.19 bits per heavy atom. The molecule has 4 nitrogen and oxygen atoms in total. The number of hydrogen-bond acceptors (Lipinski definition) is 4. The molecule has 2 heterocycles. The molecule has 0 N–H and O–H groups in total. The van der Waals surface area contributed by atoms with Crippen LogP contribution < -0.4 is 4.90 Å². The molecule has 1 saturated heterocycles. The van der Waals surface area contributed by atoms with E-state index in [1.165, 1.54) is 22.6 Å². The highest BCUT2D eigenvalue weighted by molar-refractivity contribution is 7.09. The molecule has 0 unspecified atom stereocenters. The zero-order chi connectivity index (χ0) is 14.8. The largest absolute Gasteiger partial charge is 0.368 e. The van der Waals surface area contributed by atoms with E-state index in [4.69, 9.17) is 0 Å². The summed E-state index contributed by atoms with van der Waals surface area (Å²) >= 11 is 1.53. The summed E-state index contributed by atoms with van der Waals surface area (Å²) in [6.45, 7) is 7.29. The molecule has 1 aliphatic heterocycles. The second kappa shape index (κ2) is 5.85. The van der Waals surface area contributed by atoms with Crippen LogP contribution in [0.15, 0.2) is 29.6 Å². The number of carbonyl (C=O) groups is 1. The van der Waals surface area contributed by atoms with Crippen molar-refractivity contribution in [2.75, 3.05) is 31.1 Å². The Morgan fingerprint density at radius 3 is 2.57 bits per heavy atom. The van der Waals surface area contributed by atoms with Crippen LogP contribution in [-0.4, -0.2) is 42.0 Å². The van der Waals surface area contributed by atoms with Gasteiger partial charge in [-0.3, -0.25) is 4.79 Å². The molecule has 21 heavy (non-hydrogen) atoms. The van der Waals surface area contributed by atoms with Crippen LogP contribution in [0.25, 0.3) is 0 Å². The van der Waals surface area contributed by atoms with Crippen molar-refractivity contribution >= 4 is 22.9 Å². The molecule has 1 amide bonds. The molecule has 3 rings (SSSR count). The maximum atomic E-state index is 12.4. The first-order valence-electron chi connectivity index (χ1n) is 7.16. The molecule has 1 aromatic heterocycles. The molecule has 0 aliphatic carbocycles. The van der Waals surface area contributed by atoms with Gasteiger partial charge in [0.1, 0.15) is 5.69 Å². The Labute approximate surface area is 129 Å². The van der Waals surface area contributed by atoms with Crippen molar-refractivity contribution in [1.82, 2.24) is 9.88 Å². The van der Waals surface area contributed by atoms with Gasteiger partial charge in [-0.05, 0) is 31.5 Å². The fraction of sp³-hybridized carbons (Fsp3) is 0.375. The number of piperazine rings is 1. The second-order valence-corrected chi connectivity index (χ2v) is 6.43. The maximum absolute atomic E-state index is 12.4. The van der Waals surface area contributed by atoms with Crippen molar-refractivity contribution in [2.24, 2.45) is 0 Å². The molecular weight excluding hydrogens is 282 g/mol. The quantitative estimate of drug-likeness (QED) is 0.856. The Balaban J connectivity index is 1.64. The van der Waals surface area contributed by atoms with Gasteiger partial charge in [-0.15, -0.1) is 11.3 Å². The lowest BCUT2D eigenvalue weighted by atomic mass is 10.2. The van der Waals surface area contributed by atoms with Crippen LogP contribution in [-0.2, 0) is 0 Å². The number of carbonyl (C=O) groups excluding carboxylic acids is 1. The molecule has 0 spiro atoms. The van der Waals surface area contributed by atoms with Crippen molar-refractivity contribution in [1.29, 1.82) is 0 Å². The number of nitrogens with zero attached hydrogens (tertiary/aromatic N) is 3. The Bertz CT molecular complexity index is 644. The van der Waals surface area contributed by atoms with Crippen molar-refractivity contribution in [3.8, 4) is 0 Å². The molecule has 0 atom stereocenters. The van der Waals surface area contributed by atoms with Crippen LogP contribution >= 0.6 is 11.3 Å². The standard InChI is InChI=1S/C16H19N3OS/c1-12-4-3-5-14(10-12)18-6-8-19(9-7-18)16(20)15-11-21-13(2)17-15/h3-5,10-11H,6-9H2,1-2H3. The summed E-state index contributed by atoms with van der Waals surface area (Å²) in [5.74, 6) is 0.0586. The molecular formula is C16H19N3OS. The van der Waals surface area contributed by atoms with E-state index < -0.39 is 0 Å². The highest BCUT2D eigenvalue weighted by Gasteiger charge is 2.23. The molecule has 2 aromatic rings. The molecule has 1 fully saturated rings. The number of benzene rings is 1. The monoisotopic (exact) mass is 301 g/mol. The van der Waals surface area contributed by atoms with E-state index in [1.54, 1.807) is 0 Å². The zero-order valence-electron chi connectivity index (χ0n) is 12.4. The van der Waals surface area contributed by atoms with Crippen LogP contribution in [0.5, 0.6) is 0 Å². The van der Waals surface area contributed by atoms with Crippen LogP contribution in [0.2, 0.25) is 0 Å². The molecule has 5 heteroatoms. The third-order valence-corrected chi connectivity index (χ3v) is 4.55. The normalized spacial score (nSPS) is 15.3. The minimum atomic E-state index is 0.0586. The molecule has 0 radical (unpaired) electrons. The lowest BCUT2D eigenvalue weighted by molar-refractivity contribution is 0.0741. The fourth-order valence-electron chi connectivity index (χ4n) is 2.62. The van der Waals surface area contributed by atoms with Crippen LogP contribution in [0.3, 0.4) is 0 Å². The average Bonchev–Trinajstić information content (AvgIpc) is 2.93. The van der Waals surface area contributed by atoms with Gasteiger partial charge in [0.2, 0.25) is 0 Å². The van der Waals surface area contributed by atoms with E-state index in [0.717, 1.165) is 31.2 Å². The third kappa shape index (κ3) is 3.08. The topological polar surface area (TPSA) is 36.4 Å². The molecule has 1 aliphatic rings. The zero-order valence-corrected chi connectivity index (χ0v) is 13.2. The van der Waals surface area contributed by atoms with Crippen molar-refractivity contribution < 1.29 is 4.79 Å². The first-order chi connectivity index (χ1) is 10.1. The molecule has 1 aromatic carbocycles. The minimum absolute atomic E-state index is 0.0586. The highest BCUT2D eigenvalue weighted by atomic mass is 32.1. The van der Waals surface area contributed by atoms with E-state index in [0.29, 0.717) is 5.69 Å². The van der Waals surface area contributed by atoms with Crippen LogP contribution in [0, 0.1) is 13.8 Å². The first-order valence-corrected chi connectivity index (χ1v) is 8.04. The molecule has 0 saturated carbocycles. The number of aromatic nitrogens is 1. The van der Waals surface area contributed by atoms with Gasteiger partial charge < -0.3 is 9.80 Å². The molecule has 110 valence electrons. The summed E-state index contributed by atoms with van der Waals surface area (Å²) in [4.78, 5) is 20.9. The minimum Gasteiger partial charge on any atom is -0.368 e. The van der Waals surface area contributed by atoms with Crippen molar-refractivity contribution in [3.05, 3.63) is 45.9 Å². The summed E-state index contributed by atoms with van der Waals surface area (Å²) in [6.07, 6.45) is 0. The number of hydrogen-bond donors (Lipinski definition) is 0. The van der Waals surface area contributed by atoms with Gasteiger partial charge in [0.15, 0.2) is 0 Å². The number of amides is 1. The number of anilines is 1. The summed E-state index contributed by atoms with van der Waals surface area (Å²) in [5.41, 5.74) is 3.09. The predicted molar refractivity (Wildman–Crippen MR) is 86.1 cm³/mol. The van der Waals surface area contributed by atoms with E-state index in [9.17, 15) is 4.79 Å². The second-order valence-electron chi connectivity index (χ2n) is 5.37. The summed E-state index contributed by atoms with van der Waals surface area (Å²) < 4.78 is 0. The van der Waals surface area contributed by atoms with E-state index in [2.05, 4.69) is 41.1 Å². The van der Waals surface area contributed by atoms with Crippen LogP contribution in [0.1, 0.15) is 21.1 Å². The van der Waals surface area contributed by atoms with Gasteiger partial charge in [0.05, 0.1) is 5.01 Å². The van der Waals surface area contributed by atoms with Gasteiger partial charge in [-0.1, -0.05) is 12.1 Å². The van der Waals surface area contributed by atoms with E-state index in [-0.39, 0.29) is 5.91 Å². The van der Waals surface area contributed by atoms with Crippen LogP contribution in [0.4, 0.5) is 5.69 Å². The van der Waals surface area contributed by atoms with E-state index in [1.807, 2.05) is 17.2 Å². The summed E-state index contributed by atoms with van der Waals surface area (Å²) in [7, 11) is 0. The molecule has 0 bridgehead atoms. The van der Waals surface area contributed by atoms with Crippen molar-refractivity contribution in [2.45, 2.75) is 13.8 Å². The summed E-state index contributed by atoms with van der Waals surface area (Å²) in [6, 6.07) is 8.52. The van der Waals surface area contributed by atoms with Crippen molar-refractivity contribution in [3.63, 3.8) is 0 Å². The Hall–Kier alpha value is -1.88. The predicted octanol–water partition coefficient (Wildman–Crippen LogP) is 2.72. The smallest absolute Gasteiger partial charge is 0.273 e. The third-order valence-electron chi connectivity index (χ3n) is 3.77. The van der Waals surface area contributed by atoms with Gasteiger partial charge >= 0.3 is 0 Å². The summed E-state index contributed by atoms with van der Waals surface area (Å²) in [5, 5.41) is 2.79. The van der Waals surface area contributed by atoms with Gasteiger partial charge in [-0.2, -0.15) is 0 Å².